The van der Waals surface area contributed by atoms with Crippen LogP contribution in [0.15, 0.2) is 29.2 Å². The van der Waals surface area contributed by atoms with Gasteiger partial charge in [-0.3, -0.25) is 0 Å². The van der Waals surface area contributed by atoms with E-state index in [-0.39, 0.29) is 10.9 Å². The summed E-state index contributed by atoms with van der Waals surface area (Å²) < 4.78 is 32.1. The van der Waals surface area contributed by atoms with E-state index < -0.39 is 10.0 Å². The predicted molar refractivity (Wildman–Crippen MR) is 81.5 cm³/mol. The van der Waals surface area contributed by atoms with Gasteiger partial charge in [0.1, 0.15) is 5.75 Å². The van der Waals surface area contributed by atoms with Crippen LogP contribution in [0.3, 0.4) is 0 Å². The molecule has 1 aromatic carbocycles. The zero-order valence-electron chi connectivity index (χ0n) is 12.6. The second-order valence-electron chi connectivity index (χ2n) is 5.05. The lowest BCUT2D eigenvalue weighted by Crippen LogP contribution is -2.32. The summed E-state index contributed by atoms with van der Waals surface area (Å²) in [5, 5.41) is 0. The number of unbranched alkanes of at least 4 members (excludes halogenated alkanes) is 3. The first-order valence-corrected chi connectivity index (χ1v) is 8.64. The van der Waals surface area contributed by atoms with E-state index >= 15 is 0 Å². The first-order valence-electron chi connectivity index (χ1n) is 7.16. The molecular formula is C15H25NO3S. The fourth-order valence-electron chi connectivity index (χ4n) is 2.02. The lowest BCUT2D eigenvalue weighted by atomic mass is 10.1. The van der Waals surface area contributed by atoms with Crippen LogP contribution in [0.5, 0.6) is 5.75 Å². The first-order chi connectivity index (χ1) is 9.49. The molecule has 20 heavy (non-hydrogen) atoms. The summed E-state index contributed by atoms with van der Waals surface area (Å²) in [6.45, 7) is 4.07. The molecule has 0 aliphatic rings. The number of ether oxygens (including phenoxy) is 1. The minimum absolute atomic E-state index is 0.0426. The lowest BCUT2D eigenvalue weighted by molar-refractivity contribution is 0.414. The van der Waals surface area contributed by atoms with E-state index in [0.29, 0.717) is 5.75 Å². The van der Waals surface area contributed by atoms with E-state index in [0.717, 1.165) is 19.3 Å². The molecule has 0 aliphatic heterocycles. The van der Waals surface area contributed by atoms with Crippen molar-refractivity contribution < 1.29 is 13.2 Å². The summed E-state index contributed by atoms with van der Waals surface area (Å²) in [6.07, 6.45) is 5.48. The number of benzene rings is 1. The van der Waals surface area contributed by atoms with Crippen molar-refractivity contribution in [2.45, 2.75) is 56.9 Å². The van der Waals surface area contributed by atoms with Crippen LogP contribution in [-0.4, -0.2) is 21.6 Å². The zero-order valence-corrected chi connectivity index (χ0v) is 13.4. The van der Waals surface area contributed by atoms with Crippen LogP contribution in [0.4, 0.5) is 0 Å². The molecular weight excluding hydrogens is 274 g/mol. The Labute approximate surface area is 122 Å². The Morgan fingerprint density at radius 3 is 2.35 bits per heavy atom. The predicted octanol–water partition coefficient (Wildman–Crippen LogP) is 3.33. The van der Waals surface area contributed by atoms with Crippen molar-refractivity contribution in [3.8, 4) is 5.75 Å². The Bertz CT molecular complexity index is 482. The molecule has 1 aromatic rings. The third kappa shape index (κ3) is 5.51. The van der Waals surface area contributed by atoms with Gasteiger partial charge in [0.15, 0.2) is 0 Å². The lowest BCUT2D eigenvalue weighted by Gasteiger charge is -2.14. The van der Waals surface area contributed by atoms with Gasteiger partial charge in [-0.1, -0.05) is 32.6 Å². The largest absolute Gasteiger partial charge is 0.497 e. The number of methoxy groups -OCH3 is 1. The van der Waals surface area contributed by atoms with E-state index in [9.17, 15) is 8.42 Å². The van der Waals surface area contributed by atoms with Gasteiger partial charge in [-0.25, -0.2) is 13.1 Å². The minimum atomic E-state index is -3.43. The monoisotopic (exact) mass is 299 g/mol. The summed E-state index contributed by atoms with van der Waals surface area (Å²) in [6, 6.07) is 6.38. The number of sulfonamides is 1. The molecule has 114 valence electrons. The maximum absolute atomic E-state index is 12.2. The average molecular weight is 299 g/mol. The zero-order chi connectivity index (χ0) is 15.0. The van der Waals surface area contributed by atoms with E-state index in [2.05, 4.69) is 11.6 Å². The molecule has 1 N–H and O–H groups in total. The molecule has 0 saturated heterocycles. The smallest absolute Gasteiger partial charge is 0.240 e. The molecule has 0 fully saturated rings. The van der Waals surface area contributed by atoms with Gasteiger partial charge in [0, 0.05) is 6.04 Å². The maximum atomic E-state index is 12.2. The first kappa shape index (κ1) is 17.0. The van der Waals surface area contributed by atoms with Gasteiger partial charge in [-0.05, 0) is 37.6 Å². The molecule has 1 atom stereocenters. The van der Waals surface area contributed by atoms with E-state index in [1.165, 1.54) is 12.8 Å². The maximum Gasteiger partial charge on any atom is 0.240 e. The van der Waals surface area contributed by atoms with Crippen LogP contribution in [0.25, 0.3) is 0 Å². The molecule has 0 radical (unpaired) electrons. The Kier molecular flexibility index (Phi) is 7.02. The number of hydrogen-bond acceptors (Lipinski definition) is 3. The van der Waals surface area contributed by atoms with Crippen LogP contribution in [0, 0.1) is 0 Å². The quantitative estimate of drug-likeness (QED) is 0.712. The Hall–Kier alpha value is -1.07. The average Bonchev–Trinajstić information content (AvgIpc) is 2.43. The highest BCUT2D eigenvalue weighted by Gasteiger charge is 2.16. The number of hydrogen-bond donors (Lipinski definition) is 1. The summed E-state index contributed by atoms with van der Waals surface area (Å²) in [5.74, 6) is 0.650. The van der Waals surface area contributed by atoms with E-state index in [1.54, 1.807) is 31.4 Å². The fourth-order valence-corrected chi connectivity index (χ4v) is 3.30. The van der Waals surface area contributed by atoms with Gasteiger partial charge in [0.05, 0.1) is 12.0 Å². The minimum Gasteiger partial charge on any atom is -0.497 e. The van der Waals surface area contributed by atoms with Crippen molar-refractivity contribution in [1.82, 2.24) is 4.72 Å². The molecule has 0 spiro atoms. The van der Waals surface area contributed by atoms with Crippen molar-refractivity contribution in [2.75, 3.05) is 7.11 Å². The molecule has 0 aromatic heterocycles. The molecule has 5 heteroatoms. The van der Waals surface area contributed by atoms with E-state index in [1.807, 2.05) is 6.92 Å². The van der Waals surface area contributed by atoms with Crippen LogP contribution in [0.1, 0.15) is 46.0 Å². The summed E-state index contributed by atoms with van der Waals surface area (Å²) in [4.78, 5) is 0.277. The Morgan fingerprint density at radius 2 is 1.80 bits per heavy atom. The second kappa shape index (κ2) is 8.27. The summed E-state index contributed by atoms with van der Waals surface area (Å²) >= 11 is 0. The highest BCUT2D eigenvalue weighted by atomic mass is 32.2. The van der Waals surface area contributed by atoms with Crippen molar-refractivity contribution >= 4 is 10.0 Å². The van der Waals surface area contributed by atoms with Crippen LogP contribution in [0.2, 0.25) is 0 Å². The normalized spacial score (nSPS) is 13.2. The van der Waals surface area contributed by atoms with Crippen molar-refractivity contribution in [2.24, 2.45) is 0 Å². The fraction of sp³-hybridized carbons (Fsp3) is 0.600. The summed E-state index contributed by atoms with van der Waals surface area (Å²) in [7, 11) is -1.88. The SMILES string of the molecule is CCCCCC[C@H](C)NS(=O)(=O)c1ccc(OC)cc1. The molecule has 0 saturated carbocycles. The molecule has 0 heterocycles. The second-order valence-corrected chi connectivity index (χ2v) is 6.76. The Morgan fingerprint density at radius 1 is 1.15 bits per heavy atom. The molecule has 0 aliphatic carbocycles. The van der Waals surface area contributed by atoms with Crippen molar-refractivity contribution in [3.05, 3.63) is 24.3 Å². The summed E-state index contributed by atoms with van der Waals surface area (Å²) in [5.41, 5.74) is 0. The Balaban J connectivity index is 2.55. The highest BCUT2D eigenvalue weighted by molar-refractivity contribution is 7.89. The van der Waals surface area contributed by atoms with Gasteiger partial charge >= 0.3 is 0 Å². The van der Waals surface area contributed by atoms with Crippen LogP contribution in [-0.2, 0) is 10.0 Å². The van der Waals surface area contributed by atoms with E-state index in [4.69, 9.17) is 4.74 Å². The molecule has 4 nitrogen and oxygen atoms in total. The highest BCUT2D eigenvalue weighted by Crippen LogP contribution is 2.16. The number of nitrogens with one attached hydrogen (secondary N) is 1. The van der Waals surface area contributed by atoms with Gasteiger partial charge < -0.3 is 4.74 Å². The van der Waals surface area contributed by atoms with Crippen LogP contribution >= 0.6 is 0 Å². The van der Waals surface area contributed by atoms with Gasteiger partial charge in [0.2, 0.25) is 10.0 Å². The molecule has 0 unspecified atom stereocenters. The topological polar surface area (TPSA) is 55.4 Å². The number of rotatable bonds is 9. The standard InChI is InChI=1S/C15H25NO3S/c1-4-5-6-7-8-13(2)16-20(17,18)15-11-9-14(19-3)10-12-15/h9-13,16H,4-8H2,1-3H3/t13-/m0/s1. The molecule has 0 bridgehead atoms. The van der Waals surface area contributed by atoms with Gasteiger partial charge in [-0.15, -0.1) is 0 Å². The van der Waals surface area contributed by atoms with Gasteiger partial charge in [0.25, 0.3) is 0 Å². The van der Waals surface area contributed by atoms with Crippen molar-refractivity contribution in [3.63, 3.8) is 0 Å². The van der Waals surface area contributed by atoms with Crippen LogP contribution < -0.4 is 9.46 Å². The molecule has 1 rings (SSSR count). The third-order valence-corrected chi connectivity index (χ3v) is 4.82. The van der Waals surface area contributed by atoms with Crippen molar-refractivity contribution in [1.29, 1.82) is 0 Å². The van der Waals surface area contributed by atoms with Gasteiger partial charge in [-0.2, -0.15) is 0 Å². The third-order valence-electron chi connectivity index (χ3n) is 3.22. The molecule has 0 amide bonds.